The molecule has 96 valence electrons. The Labute approximate surface area is 107 Å². The molecule has 0 aliphatic carbocycles. The van der Waals surface area contributed by atoms with E-state index in [0.717, 1.165) is 30.9 Å². The van der Waals surface area contributed by atoms with Crippen molar-refractivity contribution in [2.75, 3.05) is 13.2 Å². The third-order valence-electron chi connectivity index (χ3n) is 3.74. The number of aromatic nitrogens is 2. The molecule has 1 aliphatic heterocycles. The summed E-state index contributed by atoms with van der Waals surface area (Å²) in [5.41, 5.74) is 2.08. The van der Waals surface area contributed by atoms with E-state index in [-0.39, 0.29) is 6.61 Å². The number of rotatable bonds is 3. The van der Waals surface area contributed by atoms with Crippen LogP contribution in [0.1, 0.15) is 25.0 Å². The molecule has 18 heavy (non-hydrogen) atoms. The van der Waals surface area contributed by atoms with Gasteiger partial charge in [0, 0.05) is 25.0 Å². The molecule has 1 saturated heterocycles. The van der Waals surface area contributed by atoms with E-state index >= 15 is 0 Å². The van der Waals surface area contributed by atoms with Crippen molar-refractivity contribution in [2.24, 2.45) is 0 Å². The summed E-state index contributed by atoms with van der Waals surface area (Å²) in [5, 5.41) is 9.41. The maximum atomic E-state index is 9.41. The van der Waals surface area contributed by atoms with Crippen molar-refractivity contribution in [2.45, 2.75) is 31.8 Å². The molecule has 1 atom stereocenters. The highest BCUT2D eigenvalue weighted by molar-refractivity contribution is 5.39. The van der Waals surface area contributed by atoms with Gasteiger partial charge in [0.05, 0.1) is 12.3 Å². The lowest BCUT2D eigenvalue weighted by molar-refractivity contribution is 0.0832. The third-order valence-corrected chi connectivity index (χ3v) is 3.74. The fraction of sp³-hybridized carbons (Fsp3) is 0.500. The second kappa shape index (κ2) is 5.08. The van der Waals surface area contributed by atoms with Gasteiger partial charge in [-0.15, -0.1) is 0 Å². The van der Waals surface area contributed by atoms with Gasteiger partial charge in [0.1, 0.15) is 5.65 Å². The highest BCUT2D eigenvalue weighted by Gasteiger charge is 2.22. The first-order valence-electron chi connectivity index (χ1n) is 6.64. The van der Waals surface area contributed by atoms with Crippen molar-refractivity contribution < 1.29 is 5.11 Å². The minimum atomic E-state index is 0.257. The molecular formula is C14H19N3O. The molecule has 4 nitrogen and oxygen atoms in total. The zero-order valence-corrected chi connectivity index (χ0v) is 10.5. The standard InChI is InChI=1S/C14H19N3O/c18-11-13-5-1-3-7-16(13)9-12-10-17-8-4-2-6-14(17)15-12/h2,4,6,8,10,13,18H,1,3,5,7,9,11H2/t13-/m1/s1. The van der Waals surface area contributed by atoms with Gasteiger partial charge in [-0.3, -0.25) is 4.90 Å². The summed E-state index contributed by atoms with van der Waals surface area (Å²) in [7, 11) is 0. The van der Waals surface area contributed by atoms with E-state index in [1.165, 1.54) is 12.8 Å². The SMILES string of the molecule is OC[C@H]1CCCCN1Cc1cn2ccccc2n1. The predicted molar refractivity (Wildman–Crippen MR) is 70.3 cm³/mol. The molecule has 1 fully saturated rings. The molecular weight excluding hydrogens is 226 g/mol. The van der Waals surface area contributed by atoms with Crippen LogP contribution in [0.4, 0.5) is 0 Å². The third kappa shape index (κ3) is 2.26. The van der Waals surface area contributed by atoms with Crippen LogP contribution in [0.15, 0.2) is 30.6 Å². The van der Waals surface area contributed by atoms with Crippen LogP contribution < -0.4 is 0 Å². The number of piperidine rings is 1. The molecule has 1 aliphatic rings. The molecule has 3 rings (SSSR count). The monoisotopic (exact) mass is 245 g/mol. The molecule has 0 amide bonds. The van der Waals surface area contributed by atoms with Crippen LogP contribution in [0, 0.1) is 0 Å². The molecule has 3 heterocycles. The Hall–Kier alpha value is -1.39. The number of hydrogen-bond donors (Lipinski definition) is 1. The second-order valence-corrected chi connectivity index (χ2v) is 5.00. The largest absolute Gasteiger partial charge is 0.395 e. The van der Waals surface area contributed by atoms with Crippen molar-refractivity contribution in [3.63, 3.8) is 0 Å². The molecule has 1 N–H and O–H groups in total. The Bertz CT molecular complexity index is 489. The van der Waals surface area contributed by atoms with Crippen molar-refractivity contribution in [1.29, 1.82) is 0 Å². The van der Waals surface area contributed by atoms with E-state index in [2.05, 4.69) is 16.1 Å². The maximum absolute atomic E-state index is 9.41. The fourth-order valence-corrected chi connectivity index (χ4v) is 2.75. The van der Waals surface area contributed by atoms with Crippen LogP contribution in [0.3, 0.4) is 0 Å². The van der Waals surface area contributed by atoms with Crippen LogP contribution >= 0.6 is 0 Å². The first-order chi connectivity index (χ1) is 8.86. The van der Waals surface area contributed by atoms with E-state index in [1.54, 1.807) is 0 Å². The Kier molecular flexibility index (Phi) is 3.30. The molecule has 0 spiro atoms. The van der Waals surface area contributed by atoms with Crippen molar-refractivity contribution >= 4 is 5.65 Å². The van der Waals surface area contributed by atoms with Crippen LogP contribution in [-0.4, -0.2) is 38.6 Å². The Morgan fingerprint density at radius 2 is 2.28 bits per heavy atom. The van der Waals surface area contributed by atoms with Crippen molar-refractivity contribution in [3.8, 4) is 0 Å². The van der Waals surface area contributed by atoms with Crippen molar-refractivity contribution in [1.82, 2.24) is 14.3 Å². The normalized spacial score (nSPS) is 21.5. The summed E-state index contributed by atoms with van der Waals surface area (Å²) >= 11 is 0. The number of aliphatic hydroxyl groups excluding tert-OH is 1. The number of aliphatic hydroxyl groups is 1. The molecule has 2 aromatic rings. The fourth-order valence-electron chi connectivity index (χ4n) is 2.75. The smallest absolute Gasteiger partial charge is 0.137 e. The summed E-state index contributed by atoms with van der Waals surface area (Å²) in [6, 6.07) is 6.34. The van der Waals surface area contributed by atoms with Gasteiger partial charge in [-0.05, 0) is 31.5 Å². The van der Waals surface area contributed by atoms with E-state index in [1.807, 2.05) is 28.8 Å². The first kappa shape index (κ1) is 11.7. The highest BCUT2D eigenvalue weighted by atomic mass is 16.3. The number of pyridine rings is 1. The lowest BCUT2D eigenvalue weighted by Crippen LogP contribution is -2.41. The van der Waals surface area contributed by atoms with Crippen LogP contribution in [0.5, 0.6) is 0 Å². The number of hydrogen-bond acceptors (Lipinski definition) is 3. The molecule has 0 bridgehead atoms. The highest BCUT2D eigenvalue weighted by Crippen LogP contribution is 2.19. The van der Waals surface area contributed by atoms with E-state index in [9.17, 15) is 5.11 Å². The van der Waals surface area contributed by atoms with E-state index in [0.29, 0.717) is 6.04 Å². The van der Waals surface area contributed by atoms with Crippen molar-refractivity contribution in [3.05, 3.63) is 36.3 Å². The predicted octanol–water partition coefficient (Wildman–Crippen LogP) is 1.68. The summed E-state index contributed by atoms with van der Waals surface area (Å²) in [5.74, 6) is 0. The molecule has 0 aromatic carbocycles. The first-order valence-corrected chi connectivity index (χ1v) is 6.64. The number of fused-ring (bicyclic) bond motifs is 1. The van der Waals surface area contributed by atoms with Gasteiger partial charge >= 0.3 is 0 Å². The molecule has 2 aromatic heterocycles. The average Bonchev–Trinajstić information content (AvgIpc) is 2.81. The van der Waals surface area contributed by atoms with Gasteiger partial charge < -0.3 is 9.51 Å². The van der Waals surface area contributed by atoms with E-state index < -0.39 is 0 Å². The van der Waals surface area contributed by atoms with Crippen LogP contribution in [0.2, 0.25) is 0 Å². The Morgan fingerprint density at radius 3 is 3.11 bits per heavy atom. The summed E-state index contributed by atoms with van der Waals surface area (Å²) in [6.45, 7) is 2.17. The lowest BCUT2D eigenvalue weighted by Gasteiger charge is -2.33. The zero-order chi connectivity index (χ0) is 12.4. The Morgan fingerprint density at radius 1 is 1.33 bits per heavy atom. The van der Waals surface area contributed by atoms with Gasteiger partial charge in [-0.1, -0.05) is 12.5 Å². The van der Waals surface area contributed by atoms with Gasteiger partial charge in [-0.2, -0.15) is 0 Å². The van der Waals surface area contributed by atoms with Gasteiger partial charge in [-0.25, -0.2) is 4.98 Å². The minimum absolute atomic E-state index is 0.257. The average molecular weight is 245 g/mol. The van der Waals surface area contributed by atoms with E-state index in [4.69, 9.17) is 0 Å². The quantitative estimate of drug-likeness (QED) is 0.894. The molecule has 0 radical (unpaired) electrons. The number of nitrogens with zero attached hydrogens (tertiary/aromatic N) is 3. The summed E-state index contributed by atoms with van der Waals surface area (Å²) < 4.78 is 2.05. The number of likely N-dealkylation sites (tertiary alicyclic amines) is 1. The molecule has 4 heteroatoms. The zero-order valence-electron chi connectivity index (χ0n) is 10.5. The van der Waals surface area contributed by atoms with Crippen LogP contribution in [0.25, 0.3) is 5.65 Å². The van der Waals surface area contributed by atoms with Gasteiger partial charge in [0.25, 0.3) is 0 Å². The Balaban J connectivity index is 1.78. The second-order valence-electron chi connectivity index (χ2n) is 5.00. The number of imidazole rings is 1. The van der Waals surface area contributed by atoms with Gasteiger partial charge in [0.2, 0.25) is 0 Å². The maximum Gasteiger partial charge on any atom is 0.137 e. The topological polar surface area (TPSA) is 40.8 Å². The van der Waals surface area contributed by atoms with Gasteiger partial charge in [0.15, 0.2) is 0 Å². The molecule has 0 unspecified atom stereocenters. The van der Waals surface area contributed by atoms with Crippen LogP contribution in [-0.2, 0) is 6.54 Å². The molecule has 0 saturated carbocycles. The summed E-state index contributed by atoms with van der Waals surface area (Å²) in [6.07, 6.45) is 7.66. The summed E-state index contributed by atoms with van der Waals surface area (Å²) in [4.78, 5) is 6.97. The minimum Gasteiger partial charge on any atom is -0.395 e. The lowest BCUT2D eigenvalue weighted by atomic mass is 10.0.